The number of H-pyrrole nitrogens is 1. The molecule has 0 aliphatic rings. The molecule has 5 heteroatoms. The normalized spacial score (nSPS) is 11.2. The van der Waals surface area contributed by atoms with Crippen molar-refractivity contribution in [2.75, 3.05) is 13.7 Å². The molecule has 0 atom stereocenters. The first-order chi connectivity index (χ1) is 12.7. The molecule has 5 nitrogen and oxygen atoms in total. The predicted molar refractivity (Wildman–Crippen MR) is 104 cm³/mol. The van der Waals surface area contributed by atoms with Crippen LogP contribution in [0.4, 0.5) is 0 Å². The summed E-state index contributed by atoms with van der Waals surface area (Å²) in [6.07, 6.45) is 4.95. The molecule has 0 bridgehead atoms. The summed E-state index contributed by atoms with van der Waals surface area (Å²) in [5, 5.41) is 5.19. The standard InChI is InChI=1S/C21H21N3O2/c1-14(25)22-10-9-15-13-24(20-8-7-16(26-2)11-18(15)20)21-12-23-19-6-4-3-5-17(19)21/h3-8,11-13,23H,9-10H2,1-2H3,(H,22,25). The van der Waals surface area contributed by atoms with E-state index < -0.39 is 0 Å². The molecule has 132 valence electrons. The number of aromatic amines is 1. The number of benzene rings is 2. The number of nitrogens with zero attached hydrogens (tertiary/aromatic N) is 1. The molecule has 4 aromatic rings. The van der Waals surface area contributed by atoms with E-state index in [4.69, 9.17) is 4.74 Å². The molecule has 0 aliphatic heterocycles. The van der Waals surface area contributed by atoms with Crippen molar-refractivity contribution in [3.63, 3.8) is 0 Å². The molecular formula is C21H21N3O2. The number of para-hydroxylation sites is 1. The predicted octanol–water partition coefficient (Wildman–Crippen LogP) is 3.80. The Hall–Kier alpha value is -3.21. The zero-order valence-corrected chi connectivity index (χ0v) is 14.9. The lowest BCUT2D eigenvalue weighted by molar-refractivity contribution is -0.118. The summed E-state index contributed by atoms with van der Waals surface area (Å²) in [6, 6.07) is 14.4. The van der Waals surface area contributed by atoms with Gasteiger partial charge in [-0.3, -0.25) is 4.79 Å². The fraction of sp³-hybridized carbons (Fsp3) is 0.190. The van der Waals surface area contributed by atoms with E-state index in [-0.39, 0.29) is 5.91 Å². The number of hydrogen-bond donors (Lipinski definition) is 2. The lowest BCUT2D eigenvalue weighted by Gasteiger charge is -2.05. The van der Waals surface area contributed by atoms with Gasteiger partial charge in [0.25, 0.3) is 0 Å². The Balaban J connectivity index is 1.85. The maximum Gasteiger partial charge on any atom is 0.216 e. The monoisotopic (exact) mass is 347 g/mol. The third-order valence-electron chi connectivity index (χ3n) is 4.69. The molecule has 2 N–H and O–H groups in total. The maximum atomic E-state index is 11.2. The van der Waals surface area contributed by atoms with Crippen LogP contribution < -0.4 is 10.1 Å². The quantitative estimate of drug-likeness (QED) is 0.577. The van der Waals surface area contributed by atoms with Gasteiger partial charge in [-0.25, -0.2) is 0 Å². The summed E-state index contributed by atoms with van der Waals surface area (Å²) >= 11 is 0. The zero-order chi connectivity index (χ0) is 18.1. The van der Waals surface area contributed by atoms with Crippen molar-refractivity contribution in [3.05, 3.63) is 60.4 Å². The van der Waals surface area contributed by atoms with Crippen LogP contribution in [0.3, 0.4) is 0 Å². The van der Waals surface area contributed by atoms with Crippen molar-refractivity contribution >= 4 is 27.7 Å². The zero-order valence-electron chi connectivity index (χ0n) is 14.9. The molecule has 2 aromatic heterocycles. The van der Waals surface area contributed by atoms with Gasteiger partial charge in [-0.05, 0) is 36.2 Å². The Morgan fingerprint density at radius 3 is 2.85 bits per heavy atom. The summed E-state index contributed by atoms with van der Waals surface area (Å²) in [5.74, 6) is 0.818. The van der Waals surface area contributed by atoms with Crippen LogP contribution in [0.25, 0.3) is 27.5 Å². The van der Waals surface area contributed by atoms with Crippen molar-refractivity contribution in [2.24, 2.45) is 0 Å². The van der Waals surface area contributed by atoms with Gasteiger partial charge in [0.05, 0.1) is 18.3 Å². The number of rotatable bonds is 5. The van der Waals surface area contributed by atoms with Gasteiger partial charge >= 0.3 is 0 Å². The van der Waals surface area contributed by atoms with Crippen LogP contribution in [0.5, 0.6) is 5.75 Å². The topological polar surface area (TPSA) is 59.0 Å². The Bertz CT molecular complexity index is 1090. The van der Waals surface area contributed by atoms with Crippen molar-refractivity contribution in [1.29, 1.82) is 0 Å². The van der Waals surface area contributed by atoms with E-state index in [0.717, 1.165) is 34.3 Å². The van der Waals surface area contributed by atoms with Gasteiger partial charge in [-0.2, -0.15) is 0 Å². The lowest BCUT2D eigenvalue weighted by Crippen LogP contribution is -2.22. The van der Waals surface area contributed by atoms with Crippen LogP contribution in [0, 0.1) is 0 Å². The number of nitrogens with one attached hydrogen (secondary N) is 2. The second kappa shape index (κ2) is 6.59. The molecule has 0 spiro atoms. The highest BCUT2D eigenvalue weighted by Gasteiger charge is 2.13. The summed E-state index contributed by atoms with van der Waals surface area (Å²) < 4.78 is 7.61. The Labute approximate surface area is 151 Å². The highest BCUT2D eigenvalue weighted by atomic mass is 16.5. The molecule has 0 radical (unpaired) electrons. The first kappa shape index (κ1) is 16.3. The van der Waals surface area contributed by atoms with E-state index in [9.17, 15) is 4.79 Å². The molecular weight excluding hydrogens is 326 g/mol. The minimum atomic E-state index is -0.0112. The number of aromatic nitrogens is 2. The minimum Gasteiger partial charge on any atom is -0.497 e. The van der Waals surface area contributed by atoms with E-state index in [2.05, 4.69) is 45.3 Å². The smallest absolute Gasteiger partial charge is 0.216 e. The number of hydrogen-bond acceptors (Lipinski definition) is 2. The van der Waals surface area contributed by atoms with Crippen LogP contribution >= 0.6 is 0 Å². The molecule has 0 saturated heterocycles. The Kier molecular flexibility index (Phi) is 4.13. The van der Waals surface area contributed by atoms with E-state index in [1.54, 1.807) is 7.11 Å². The first-order valence-corrected chi connectivity index (χ1v) is 8.66. The molecule has 4 rings (SSSR count). The van der Waals surface area contributed by atoms with Gasteiger partial charge in [0.1, 0.15) is 5.75 Å². The second-order valence-electron chi connectivity index (χ2n) is 6.36. The Morgan fingerprint density at radius 2 is 2.04 bits per heavy atom. The van der Waals surface area contributed by atoms with Crippen molar-refractivity contribution in [1.82, 2.24) is 14.9 Å². The van der Waals surface area contributed by atoms with Crippen LogP contribution in [0.2, 0.25) is 0 Å². The number of carbonyl (C=O) groups is 1. The fourth-order valence-electron chi connectivity index (χ4n) is 3.43. The number of amides is 1. The van der Waals surface area contributed by atoms with Gasteiger partial charge in [0.2, 0.25) is 5.91 Å². The number of fused-ring (bicyclic) bond motifs is 2. The third-order valence-corrected chi connectivity index (χ3v) is 4.69. The SMILES string of the molecule is COc1ccc2c(c1)c(CCNC(C)=O)cn2-c1c[nH]c2ccccc12. The Morgan fingerprint density at radius 1 is 1.19 bits per heavy atom. The summed E-state index contributed by atoms with van der Waals surface area (Å²) in [4.78, 5) is 14.5. The molecule has 0 aliphatic carbocycles. The van der Waals surface area contributed by atoms with Gasteiger partial charge in [0.15, 0.2) is 0 Å². The van der Waals surface area contributed by atoms with Crippen LogP contribution in [0.15, 0.2) is 54.9 Å². The van der Waals surface area contributed by atoms with Gasteiger partial charge in [-0.1, -0.05) is 18.2 Å². The number of ether oxygens (including phenoxy) is 1. The van der Waals surface area contributed by atoms with Crippen molar-refractivity contribution < 1.29 is 9.53 Å². The first-order valence-electron chi connectivity index (χ1n) is 8.66. The highest BCUT2D eigenvalue weighted by Crippen LogP contribution is 2.31. The average molecular weight is 347 g/mol. The van der Waals surface area contributed by atoms with Crippen LogP contribution in [0.1, 0.15) is 12.5 Å². The van der Waals surface area contributed by atoms with E-state index in [1.165, 1.54) is 17.9 Å². The van der Waals surface area contributed by atoms with Crippen molar-refractivity contribution in [2.45, 2.75) is 13.3 Å². The second-order valence-corrected chi connectivity index (χ2v) is 6.36. The van der Waals surface area contributed by atoms with Crippen molar-refractivity contribution in [3.8, 4) is 11.4 Å². The summed E-state index contributed by atoms with van der Waals surface area (Å²) in [7, 11) is 1.68. The molecule has 1 amide bonds. The maximum absolute atomic E-state index is 11.2. The minimum absolute atomic E-state index is 0.0112. The molecule has 0 saturated carbocycles. The number of carbonyl (C=O) groups excluding carboxylic acids is 1. The summed E-state index contributed by atoms with van der Waals surface area (Å²) in [6.45, 7) is 2.15. The molecule has 0 fully saturated rings. The largest absolute Gasteiger partial charge is 0.497 e. The molecule has 2 heterocycles. The average Bonchev–Trinajstić information content (AvgIpc) is 3.22. The van der Waals surface area contributed by atoms with E-state index >= 15 is 0 Å². The van der Waals surface area contributed by atoms with Gasteiger partial charge in [-0.15, -0.1) is 0 Å². The summed E-state index contributed by atoms with van der Waals surface area (Å²) in [5.41, 5.74) is 4.52. The third kappa shape index (κ3) is 2.81. The molecule has 0 unspecified atom stereocenters. The van der Waals surface area contributed by atoms with E-state index in [1.807, 2.05) is 24.4 Å². The van der Waals surface area contributed by atoms with Crippen LogP contribution in [-0.2, 0) is 11.2 Å². The van der Waals surface area contributed by atoms with E-state index in [0.29, 0.717) is 6.54 Å². The lowest BCUT2D eigenvalue weighted by atomic mass is 10.1. The van der Waals surface area contributed by atoms with Gasteiger partial charge in [0, 0.05) is 42.2 Å². The van der Waals surface area contributed by atoms with Crippen LogP contribution in [-0.4, -0.2) is 29.1 Å². The molecule has 2 aromatic carbocycles. The highest BCUT2D eigenvalue weighted by molar-refractivity contribution is 5.93. The fourth-order valence-corrected chi connectivity index (χ4v) is 3.43. The number of methoxy groups -OCH3 is 1. The van der Waals surface area contributed by atoms with Gasteiger partial charge < -0.3 is 19.6 Å². The molecule has 26 heavy (non-hydrogen) atoms.